The second kappa shape index (κ2) is 9.14. The molecule has 0 spiro atoms. The molecule has 0 aliphatic carbocycles. The van der Waals surface area contributed by atoms with E-state index < -0.39 is 15.8 Å². The summed E-state index contributed by atoms with van der Waals surface area (Å²) in [6.07, 6.45) is 0. The summed E-state index contributed by atoms with van der Waals surface area (Å²) < 4.78 is 45.9. The van der Waals surface area contributed by atoms with Crippen LogP contribution in [0.3, 0.4) is 0 Å². The molecule has 8 heteroatoms. The van der Waals surface area contributed by atoms with E-state index in [1.807, 2.05) is 25.1 Å². The number of hydrogen-bond acceptors (Lipinski definition) is 4. The molecule has 0 saturated carbocycles. The minimum absolute atomic E-state index is 0.0775. The summed E-state index contributed by atoms with van der Waals surface area (Å²) in [4.78, 5) is 14.1. The van der Waals surface area contributed by atoms with E-state index in [0.29, 0.717) is 5.75 Å². The molecule has 0 aromatic heterocycles. The van der Waals surface area contributed by atoms with Crippen LogP contribution >= 0.6 is 0 Å². The zero-order valence-electron chi connectivity index (χ0n) is 17.5. The van der Waals surface area contributed by atoms with Gasteiger partial charge in [0.05, 0.1) is 4.90 Å². The van der Waals surface area contributed by atoms with E-state index in [4.69, 9.17) is 4.74 Å². The van der Waals surface area contributed by atoms with Gasteiger partial charge in [-0.05, 0) is 48.2 Å². The molecule has 3 rings (SSSR count). The second-order valence-corrected chi connectivity index (χ2v) is 9.66. The van der Waals surface area contributed by atoms with E-state index in [2.05, 4.69) is 13.8 Å². The fourth-order valence-corrected chi connectivity index (χ4v) is 4.88. The average molecular weight is 435 g/mol. The monoisotopic (exact) mass is 434 g/mol. The lowest BCUT2D eigenvalue weighted by atomic mass is 10.0. The first-order chi connectivity index (χ1) is 14.2. The molecule has 30 heavy (non-hydrogen) atoms. The summed E-state index contributed by atoms with van der Waals surface area (Å²) >= 11 is 0. The van der Waals surface area contributed by atoms with Crippen molar-refractivity contribution in [3.8, 4) is 5.75 Å². The molecule has 0 radical (unpaired) electrons. The Labute approximate surface area is 177 Å². The Hall–Kier alpha value is -2.45. The van der Waals surface area contributed by atoms with E-state index in [0.717, 1.165) is 17.2 Å². The van der Waals surface area contributed by atoms with Crippen LogP contribution in [0.25, 0.3) is 0 Å². The molecule has 1 amide bonds. The molecule has 1 aliphatic rings. The van der Waals surface area contributed by atoms with Crippen molar-refractivity contribution in [3.63, 3.8) is 0 Å². The van der Waals surface area contributed by atoms with Gasteiger partial charge in [-0.25, -0.2) is 12.8 Å². The molecule has 0 unspecified atom stereocenters. The zero-order valence-corrected chi connectivity index (χ0v) is 18.3. The van der Waals surface area contributed by atoms with Crippen LogP contribution in [-0.4, -0.2) is 56.3 Å². The highest BCUT2D eigenvalue weighted by atomic mass is 32.2. The molecule has 0 bridgehead atoms. The van der Waals surface area contributed by atoms with E-state index in [1.165, 1.54) is 22.5 Å². The van der Waals surface area contributed by atoms with Crippen molar-refractivity contribution in [2.75, 3.05) is 32.8 Å². The van der Waals surface area contributed by atoms with Crippen LogP contribution < -0.4 is 4.74 Å². The van der Waals surface area contributed by atoms with Crippen molar-refractivity contribution in [1.29, 1.82) is 0 Å². The van der Waals surface area contributed by atoms with Gasteiger partial charge < -0.3 is 9.64 Å². The SMILES string of the molecule is Cc1ccc(C(C)C)c(OCC(=O)N2CCN(S(=O)(=O)c3cccc(F)c3)CC2)c1. The first-order valence-corrected chi connectivity index (χ1v) is 11.4. The molecular weight excluding hydrogens is 407 g/mol. The zero-order chi connectivity index (χ0) is 21.9. The first-order valence-electron chi connectivity index (χ1n) is 9.95. The third-order valence-electron chi connectivity index (χ3n) is 5.17. The number of aryl methyl sites for hydroxylation is 1. The maximum Gasteiger partial charge on any atom is 0.260 e. The Morgan fingerprint density at radius 1 is 1.10 bits per heavy atom. The number of nitrogens with zero attached hydrogens (tertiary/aromatic N) is 2. The molecule has 1 heterocycles. The summed E-state index contributed by atoms with van der Waals surface area (Å²) in [7, 11) is -3.78. The molecule has 6 nitrogen and oxygen atoms in total. The molecule has 2 aromatic rings. The highest BCUT2D eigenvalue weighted by Gasteiger charge is 2.30. The summed E-state index contributed by atoms with van der Waals surface area (Å²) in [5.41, 5.74) is 2.09. The number of ether oxygens (including phenoxy) is 1. The average Bonchev–Trinajstić information content (AvgIpc) is 2.72. The lowest BCUT2D eigenvalue weighted by molar-refractivity contribution is -0.134. The predicted octanol–water partition coefficient (Wildman–Crippen LogP) is 3.17. The molecule has 1 saturated heterocycles. The number of carbonyl (C=O) groups excluding carboxylic acids is 1. The fourth-order valence-electron chi connectivity index (χ4n) is 3.43. The maximum atomic E-state index is 13.4. The van der Waals surface area contributed by atoms with Crippen LogP contribution in [0.2, 0.25) is 0 Å². The van der Waals surface area contributed by atoms with Gasteiger partial charge in [-0.15, -0.1) is 0 Å². The van der Waals surface area contributed by atoms with Crippen molar-refractivity contribution in [2.45, 2.75) is 31.6 Å². The number of piperazine rings is 1. The molecule has 0 atom stereocenters. The Balaban J connectivity index is 1.59. The predicted molar refractivity (Wildman–Crippen MR) is 113 cm³/mol. The van der Waals surface area contributed by atoms with Gasteiger partial charge in [0.1, 0.15) is 11.6 Å². The van der Waals surface area contributed by atoms with Crippen LogP contribution in [0.15, 0.2) is 47.4 Å². The van der Waals surface area contributed by atoms with Crippen molar-refractivity contribution < 1.29 is 22.3 Å². The third kappa shape index (κ3) is 4.99. The van der Waals surface area contributed by atoms with Crippen LogP contribution in [-0.2, 0) is 14.8 Å². The Bertz CT molecular complexity index is 1020. The number of halogens is 1. The molecule has 1 fully saturated rings. The van der Waals surface area contributed by atoms with Gasteiger partial charge in [0.25, 0.3) is 5.91 Å². The smallest absolute Gasteiger partial charge is 0.260 e. The quantitative estimate of drug-likeness (QED) is 0.701. The van der Waals surface area contributed by atoms with E-state index in [-0.39, 0.29) is 49.5 Å². The van der Waals surface area contributed by atoms with Gasteiger partial charge in [-0.1, -0.05) is 32.0 Å². The van der Waals surface area contributed by atoms with Crippen molar-refractivity contribution in [1.82, 2.24) is 9.21 Å². The van der Waals surface area contributed by atoms with Crippen LogP contribution in [0.4, 0.5) is 4.39 Å². The van der Waals surface area contributed by atoms with Gasteiger partial charge in [0, 0.05) is 26.2 Å². The summed E-state index contributed by atoms with van der Waals surface area (Å²) in [5.74, 6) is 0.186. The van der Waals surface area contributed by atoms with Crippen molar-refractivity contribution >= 4 is 15.9 Å². The Morgan fingerprint density at radius 3 is 2.43 bits per heavy atom. The maximum absolute atomic E-state index is 13.4. The standard InChI is InChI=1S/C22H27FN2O4S/c1-16(2)20-8-7-17(3)13-21(20)29-15-22(26)24-9-11-25(12-10-24)30(27,28)19-6-4-5-18(23)14-19/h4-8,13-14,16H,9-12,15H2,1-3H3. The van der Waals surface area contributed by atoms with Gasteiger partial charge in [-0.2, -0.15) is 4.31 Å². The van der Waals surface area contributed by atoms with Gasteiger partial charge >= 0.3 is 0 Å². The second-order valence-electron chi connectivity index (χ2n) is 7.73. The van der Waals surface area contributed by atoms with Gasteiger partial charge in [-0.3, -0.25) is 4.79 Å². The lowest BCUT2D eigenvalue weighted by Gasteiger charge is -2.34. The largest absolute Gasteiger partial charge is 0.483 e. The van der Waals surface area contributed by atoms with Gasteiger partial charge in [0.15, 0.2) is 6.61 Å². The number of hydrogen-bond donors (Lipinski definition) is 0. The van der Waals surface area contributed by atoms with E-state index in [1.54, 1.807) is 4.90 Å². The fraction of sp³-hybridized carbons (Fsp3) is 0.409. The minimum Gasteiger partial charge on any atom is -0.483 e. The normalized spacial score (nSPS) is 15.4. The highest BCUT2D eigenvalue weighted by Crippen LogP contribution is 2.27. The first kappa shape index (κ1) is 22.2. The van der Waals surface area contributed by atoms with E-state index >= 15 is 0 Å². The molecule has 1 aliphatic heterocycles. The van der Waals surface area contributed by atoms with Crippen LogP contribution in [0.1, 0.15) is 30.9 Å². The van der Waals surface area contributed by atoms with Crippen molar-refractivity contribution in [2.24, 2.45) is 0 Å². The molecular formula is C22H27FN2O4S. The number of carbonyl (C=O) groups is 1. The van der Waals surface area contributed by atoms with E-state index in [9.17, 15) is 17.6 Å². The lowest BCUT2D eigenvalue weighted by Crippen LogP contribution is -2.51. The van der Waals surface area contributed by atoms with Crippen LogP contribution in [0, 0.1) is 12.7 Å². The molecule has 162 valence electrons. The molecule has 0 N–H and O–H groups in total. The molecule has 2 aromatic carbocycles. The van der Waals surface area contributed by atoms with Gasteiger partial charge in [0.2, 0.25) is 10.0 Å². The van der Waals surface area contributed by atoms with Crippen LogP contribution in [0.5, 0.6) is 5.75 Å². The Kier molecular flexibility index (Phi) is 6.77. The van der Waals surface area contributed by atoms with Crippen molar-refractivity contribution in [3.05, 3.63) is 59.4 Å². The summed E-state index contributed by atoms with van der Waals surface area (Å²) in [5, 5.41) is 0. The highest BCUT2D eigenvalue weighted by molar-refractivity contribution is 7.89. The number of amides is 1. The number of benzene rings is 2. The Morgan fingerprint density at radius 2 is 1.80 bits per heavy atom. The summed E-state index contributed by atoms with van der Waals surface area (Å²) in [6.45, 7) is 6.85. The summed E-state index contributed by atoms with van der Waals surface area (Å²) in [6, 6.07) is 10.9. The number of rotatable bonds is 6. The topological polar surface area (TPSA) is 66.9 Å². The minimum atomic E-state index is -3.78. The number of sulfonamides is 1. The third-order valence-corrected chi connectivity index (χ3v) is 7.06.